The van der Waals surface area contributed by atoms with Crippen LogP contribution in [0, 0.1) is 0 Å². The third-order valence-electron chi connectivity index (χ3n) is 4.56. The zero-order valence-electron chi connectivity index (χ0n) is 15.7. The summed E-state index contributed by atoms with van der Waals surface area (Å²) in [6.07, 6.45) is 0. The van der Waals surface area contributed by atoms with Gasteiger partial charge in [0.2, 0.25) is 0 Å². The second kappa shape index (κ2) is 9.23. The van der Waals surface area contributed by atoms with Crippen molar-refractivity contribution < 1.29 is 0 Å². The van der Waals surface area contributed by atoms with E-state index in [-0.39, 0.29) is 0 Å². The van der Waals surface area contributed by atoms with E-state index in [0.29, 0.717) is 23.1 Å². The third kappa shape index (κ3) is 5.04. The van der Waals surface area contributed by atoms with Gasteiger partial charge >= 0.3 is 0 Å². The fourth-order valence-electron chi connectivity index (χ4n) is 3.12. The lowest BCUT2D eigenvalue weighted by molar-refractivity contribution is 0.576. The Balaban J connectivity index is 1.57. The molecule has 0 saturated heterocycles. The van der Waals surface area contributed by atoms with Gasteiger partial charge in [-0.05, 0) is 23.3 Å². The second-order valence-electron chi connectivity index (χ2n) is 6.72. The summed E-state index contributed by atoms with van der Waals surface area (Å²) in [7, 11) is 0. The van der Waals surface area contributed by atoms with Crippen LogP contribution in [0.5, 0.6) is 0 Å². The predicted molar refractivity (Wildman–Crippen MR) is 118 cm³/mol. The van der Waals surface area contributed by atoms with Crippen molar-refractivity contribution in [3.63, 3.8) is 0 Å². The molecular formula is C23H20Cl2N4. The van der Waals surface area contributed by atoms with Crippen LogP contribution in [0.3, 0.4) is 0 Å². The molecule has 0 amide bonds. The predicted octanol–water partition coefficient (Wildman–Crippen LogP) is 5.59. The Morgan fingerprint density at radius 1 is 0.793 bits per heavy atom. The van der Waals surface area contributed by atoms with Crippen LogP contribution in [-0.4, -0.2) is 15.0 Å². The monoisotopic (exact) mass is 422 g/mol. The number of rotatable bonds is 7. The summed E-state index contributed by atoms with van der Waals surface area (Å²) < 4.78 is 0. The van der Waals surface area contributed by atoms with Crippen molar-refractivity contribution >= 4 is 23.2 Å². The molecule has 3 aromatic carbocycles. The second-order valence-corrected chi connectivity index (χ2v) is 7.56. The highest BCUT2D eigenvalue weighted by Gasteiger charge is 2.14. The zero-order valence-corrected chi connectivity index (χ0v) is 17.2. The van der Waals surface area contributed by atoms with Crippen molar-refractivity contribution in [1.82, 2.24) is 20.3 Å². The van der Waals surface area contributed by atoms with Gasteiger partial charge in [-0.15, -0.1) is 0 Å². The van der Waals surface area contributed by atoms with Gasteiger partial charge < -0.3 is 5.32 Å². The summed E-state index contributed by atoms with van der Waals surface area (Å²) in [5, 5.41) is 14.2. The first kappa shape index (κ1) is 19.6. The average Bonchev–Trinajstić information content (AvgIpc) is 3.14. The largest absolute Gasteiger partial charge is 0.307 e. The quantitative estimate of drug-likeness (QED) is 0.421. The number of aromatic nitrogens is 3. The average molecular weight is 423 g/mol. The highest BCUT2D eigenvalue weighted by molar-refractivity contribution is 6.35. The molecule has 0 spiro atoms. The van der Waals surface area contributed by atoms with E-state index in [1.165, 1.54) is 5.56 Å². The van der Waals surface area contributed by atoms with Crippen LogP contribution in [0.4, 0.5) is 0 Å². The number of halogens is 2. The van der Waals surface area contributed by atoms with E-state index in [4.69, 9.17) is 33.4 Å². The SMILES string of the molecule is Clc1ccc(Cn2nc(CNCc3ccccc3)c(-c3ccccc3)n2)c(Cl)c1. The van der Waals surface area contributed by atoms with E-state index in [9.17, 15) is 0 Å². The Morgan fingerprint density at radius 3 is 2.24 bits per heavy atom. The molecule has 0 aliphatic heterocycles. The maximum Gasteiger partial charge on any atom is 0.117 e. The fraction of sp³-hybridized carbons (Fsp3) is 0.130. The molecule has 0 atom stereocenters. The summed E-state index contributed by atoms with van der Waals surface area (Å²) >= 11 is 12.3. The number of benzene rings is 3. The Labute approximate surface area is 180 Å². The molecule has 4 rings (SSSR count). The highest BCUT2D eigenvalue weighted by atomic mass is 35.5. The fourth-order valence-corrected chi connectivity index (χ4v) is 3.58. The van der Waals surface area contributed by atoms with Gasteiger partial charge in [0.1, 0.15) is 11.4 Å². The molecule has 6 heteroatoms. The molecule has 0 saturated carbocycles. The first-order valence-electron chi connectivity index (χ1n) is 9.37. The van der Waals surface area contributed by atoms with Crippen LogP contribution in [0.1, 0.15) is 16.8 Å². The van der Waals surface area contributed by atoms with Crippen LogP contribution >= 0.6 is 23.2 Å². The van der Waals surface area contributed by atoms with Crippen molar-refractivity contribution in [2.75, 3.05) is 0 Å². The standard InChI is InChI=1S/C23H20Cl2N4/c24-20-12-11-19(21(25)13-20)16-29-27-22(15-26-14-17-7-3-1-4-8-17)23(28-29)18-9-5-2-6-10-18/h1-13,26H,14-16H2. The van der Waals surface area contributed by atoms with Crippen molar-refractivity contribution in [2.24, 2.45) is 0 Å². The molecule has 4 aromatic rings. The topological polar surface area (TPSA) is 42.7 Å². The molecule has 1 heterocycles. The molecule has 0 unspecified atom stereocenters. The number of nitrogens with zero attached hydrogens (tertiary/aromatic N) is 3. The van der Waals surface area contributed by atoms with Crippen molar-refractivity contribution in [3.05, 3.63) is 106 Å². The normalized spacial score (nSPS) is 11.0. The third-order valence-corrected chi connectivity index (χ3v) is 5.15. The molecule has 29 heavy (non-hydrogen) atoms. The lowest BCUT2D eigenvalue weighted by atomic mass is 10.1. The zero-order chi connectivity index (χ0) is 20.1. The van der Waals surface area contributed by atoms with Gasteiger partial charge in [0.15, 0.2) is 0 Å². The maximum absolute atomic E-state index is 6.33. The van der Waals surface area contributed by atoms with Crippen molar-refractivity contribution in [1.29, 1.82) is 0 Å². The van der Waals surface area contributed by atoms with Gasteiger partial charge in [-0.1, -0.05) is 89.9 Å². The van der Waals surface area contributed by atoms with Crippen LogP contribution in [0.25, 0.3) is 11.3 Å². The van der Waals surface area contributed by atoms with E-state index in [2.05, 4.69) is 17.4 Å². The van der Waals surface area contributed by atoms with Gasteiger partial charge in [0.25, 0.3) is 0 Å². The van der Waals surface area contributed by atoms with E-state index >= 15 is 0 Å². The van der Waals surface area contributed by atoms with Crippen LogP contribution in [0.2, 0.25) is 10.0 Å². The molecular weight excluding hydrogens is 403 g/mol. The molecule has 0 aliphatic carbocycles. The van der Waals surface area contributed by atoms with E-state index in [1.807, 2.05) is 60.7 Å². The molecule has 1 aromatic heterocycles. The minimum atomic E-state index is 0.481. The van der Waals surface area contributed by atoms with Gasteiger partial charge in [0.05, 0.1) is 6.54 Å². The van der Waals surface area contributed by atoms with Crippen molar-refractivity contribution in [3.8, 4) is 11.3 Å². The Hall–Kier alpha value is -2.66. The summed E-state index contributed by atoms with van der Waals surface area (Å²) in [6, 6.07) is 25.9. The minimum Gasteiger partial charge on any atom is -0.307 e. The Bertz CT molecular complexity index is 1080. The first-order valence-corrected chi connectivity index (χ1v) is 10.1. The van der Waals surface area contributed by atoms with Gasteiger partial charge in [-0.2, -0.15) is 15.0 Å². The lowest BCUT2D eigenvalue weighted by Crippen LogP contribution is -2.14. The van der Waals surface area contributed by atoms with Crippen LogP contribution in [-0.2, 0) is 19.6 Å². The highest BCUT2D eigenvalue weighted by Crippen LogP contribution is 2.23. The number of hydrogen-bond acceptors (Lipinski definition) is 3. The van der Waals surface area contributed by atoms with E-state index in [1.54, 1.807) is 10.9 Å². The molecule has 0 bridgehead atoms. The summed E-state index contributed by atoms with van der Waals surface area (Å²) in [5.41, 5.74) is 4.97. The van der Waals surface area contributed by atoms with Gasteiger partial charge in [0, 0.05) is 28.7 Å². The summed E-state index contributed by atoms with van der Waals surface area (Å²) in [6.45, 7) is 1.87. The smallest absolute Gasteiger partial charge is 0.117 e. The minimum absolute atomic E-state index is 0.481. The molecule has 4 nitrogen and oxygen atoms in total. The summed E-state index contributed by atoms with van der Waals surface area (Å²) in [5.74, 6) is 0. The molecule has 1 N–H and O–H groups in total. The van der Waals surface area contributed by atoms with E-state index < -0.39 is 0 Å². The summed E-state index contributed by atoms with van der Waals surface area (Å²) in [4.78, 5) is 1.69. The lowest BCUT2D eigenvalue weighted by Gasteiger charge is -2.04. The first-order chi connectivity index (χ1) is 14.2. The van der Waals surface area contributed by atoms with Crippen LogP contribution < -0.4 is 5.32 Å². The number of nitrogens with one attached hydrogen (secondary N) is 1. The van der Waals surface area contributed by atoms with Crippen LogP contribution in [0.15, 0.2) is 78.9 Å². The van der Waals surface area contributed by atoms with Gasteiger partial charge in [-0.25, -0.2) is 0 Å². The molecule has 0 fully saturated rings. The molecule has 0 radical (unpaired) electrons. The van der Waals surface area contributed by atoms with Crippen molar-refractivity contribution in [2.45, 2.75) is 19.6 Å². The van der Waals surface area contributed by atoms with Gasteiger partial charge in [-0.3, -0.25) is 0 Å². The Kier molecular flexibility index (Phi) is 6.25. The maximum atomic E-state index is 6.33. The Morgan fingerprint density at radius 2 is 1.52 bits per heavy atom. The molecule has 146 valence electrons. The van der Waals surface area contributed by atoms with E-state index in [0.717, 1.165) is 29.1 Å². The molecule has 0 aliphatic rings. The number of hydrogen-bond donors (Lipinski definition) is 1.